The first-order valence-corrected chi connectivity index (χ1v) is 17.4. The summed E-state index contributed by atoms with van der Waals surface area (Å²) in [6.07, 6.45) is 16.0. The van der Waals surface area contributed by atoms with Crippen LogP contribution in [0.3, 0.4) is 0 Å². The van der Waals surface area contributed by atoms with Gasteiger partial charge in [0.15, 0.2) is 5.89 Å². The van der Waals surface area contributed by atoms with Crippen LogP contribution in [0.4, 0.5) is 0 Å². The highest BCUT2D eigenvalue weighted by atomic mass is 16.5. The highest BCUT2D eigenvalue weighted by Gasteiger charge is 2.45. The van der Waals surface area contributed by atoms with Gasteiger partial charge in [-0.1, -0.05) is 6.42 Å². The number of amides is 2. The first kappa shape index (κ1) is 30.9. The normalized spacial score (nSPS) is 26.6. The number of hydrogen-bond acceptors (Lipinski definition) is 7. The van der Waals surface area contributed by atoms with E-state index in [9.17, 15) is 9.59 Å². The van der Waals surface area contributed by atoms with E-state index in [4.69, 9.17) is 24.1 Å². The Balaban J connectivity index is 1.03. The Bertz CT molecular complexity index is 1540. The molecule has 0 saturated heterocycles. The Morgan fingerprint density at radius 2 is 1.72 bits per heavy atom. The molecule has 0 atom stereocenters. The number of carbonyl (C=O) groups is 2. The van der Waals surface area contributed by atoms with Gasteiger partial charge in [0.1, 0.15) is 17.7 Å². The van der Waals surface area contributed by atoms with Crippen molar-refractivity contribution in [2.45, 2.75) is 114 Å². The van der Waals surface area contributed by atoms with Gasteiger partial charge in [0.2, 0.25) is 11.8 Å². The maximum atomic E-state index is 14.3. The van der Waals surface area contributed by atoms with Crippen LogP contribution < -0.4 is 15.4 Å². The molecule has 46 heavy (non-hydrogen) atoms. The SMILES string of the molecule is COc1ccc([C@H]2CC[C@H](CNC(=O)C3(c4cc(-c5coc(C6CC6)n5)ccn4)CCC(NC(=O)C4CCC4)CC3)CC2)nc1C. The van der Waals surface area contributed by atoms with Crippen LogP contribution in [0.2, 0.25) is 0 Å². The third kappa shape index (κ3) is 6.42. The Labute approximate surface area is 271 Å². The van der Waals surface area contributed by atoms with Gasteiger partial charge in [-0.05, 0) is 114 Å². The minimum absolute atomic E-state index is 0.0503. The maximum absolute atomic E-state index is 14.3. The third-order valence-electron chi connectivity index (χ3n) is 11.2. The predicted octanol–water partition coefficient (Wildman–Crippen LogP) is 6.51. The number of methoxy groups -OCH3 is 1. The van der Waals surface area contributed by atoms with E-state index in [-0.39, 0.29) is 23.8 Å². The summed E-state index contributed by atoms with van der Waals surface area (Å²) in [5.74, 6) is 3.34. The van der Waals surface area contributed by atoms with Gasteiger partial charge < -0.3 is 19.8 Å². The first-order chi connectivity index (χ1) is 22.4. The Kier molecular flexibility index (Phi) is 8.84. The average molecular weight is 626 g/mol. The number of ether oxygens (including phenoxy) is 1. The molecule has 4 fully saturated rings. The molecule has 3 aromatic rings. The smallest absolute Gasteiger partial charge is 0.232 e. The molecule has 244 valence electrons. The van der Waals surface area contributed by atoms with Gasteiger partial charge in [0.05, 0.1) is 23.9 Å². The number of rotatable bonds is 10. The van der Waals surface area contributed by atoms with Crippen molar-refractivity contribution in [1.82, 2.24) is 25.6 Å². The van der Waals surface area contributed by atoms with Crippen LogP contribution in [-0.2, 0) is 15.0 Å². The second-order valence-electron chi connectivity index (χ2n) is 14.2. The van der Waals surface area contributed by atoms with Crippen LogP contribution in [-0.4, -0.2) is 46.5 Å². The summed E-state index contributed by atoms with van der Waals surface area (Å²) in [6.45, 7) is 2.66. The molecular weight excluding hydrogens is 578 g/mol. The summed E-state index contributed by atoms with van der Waals surface area (Å²) in [7, 11) is 1.68. The zero-order valence-electron chi connectivity index (χ0n) is 27.2. The minimum atomic E-state index is -0.751. The molecule has 3 aromatic heterocycles. The van der Waals surface area contributed by atoms with Crippen molar-refractivity contribution < 1.29 is 18.7 Å². The summed E-state index contributed by atoms with van der Waals surface area (Å²) in [5, 5.41) is 6.68. The lowest BCUT2D eigenvalue weighted by Crippen LogP contribution is -2.52. The van der Waals surface area contributed by atoms with E-state index in [1.165, 1.54) is 0 Å². The van der Waals surface area contributed by atoms with Crippen LogP contribution in [0.15, 0.2) is 41.1 Å². The molecule has 0 aliphatic heterocycles. The Morgan fingerprint density at radius 1 is 0.957 bits per heavy atom. The summed E-state index contributed by atoms with van der Waals surface area (Å²) in [4.78, 5) is 41.4. The minimum Gasteiger partial charge on any atom is -0.495 e. The molecule has 0 bridgehead atoms. The van der Waals surface area contributed by atoms with Crippen molar-refractivity contribution in [3.63, 3.8) is 0 Å². The number of oxazole rings is 1. The van der Waals surface area contributed by atoms with Crippen molar-refractivity contribution in [2.75, 3.05) is 13.7 Å². The van der Waals surface area contributed by atoms with Gasteiger partial charge in [-0.3, -0.25) is 19.6 Å². The van der Waals surface area contributed by atoms with E-state index in [1.54, 1.807) is 19.6 Å². The molecule has 2 N–H and O–H groups in total. The number of pyridine rings is 2. The lowest BCUT2D eigenvalue weighted by Gasteiger charge is -2.40. The molecule has 0 unspecified atom stereocenters. The standard InChI is InChI=1S/C37H47N5O4/c1-23-32(45-2)13-12-30(40-23)25-8-6-24(7-9-25)21-39-36(44)37(17-14-29(15-18-37)41-34(43)26-4-3-5-26)33-20-28(16-19-38-33)31-22-46-35(42-31)27-10-11-27/h12-13,16,19-20,22,24-27,29H,3-11,14-15,17-18,21H2,1-2H3,(H,39,44)(H,41,43)/t24-,25-,29?,37?. The quantitative estimate of drug-likeness (QED) is 0.264. The van der Waals surface area contributed by atoms with E-state index in [0.29, 0.717) is 37.1 Å². The van der Waals surface area contributed by atoms with Crippen molar-refractivity contribution in [2.24, 2.45) is 11.8 Å². The van der Waals surface area contributed by atoms with E-state index in [1.807, 2.05) is 25.1 Å². The summed E-state index contributed by atoms with van der Waals surface area (Å²) < 4.78 is 11.2. The van der Waals surface area contributed by atoms with E-state index in [2.05, 4.69) is 16.7 Å². The van der Waals surface area contributed by atoms with Gasteiger partial charge >= 0.3 is 0 Å². The highest BCUT2D eigenvalue weighted by Crippen LogP contribution is 2.43. The van der Waals surface area contributed by atoms with Crippen molar-refractivity contribution >= 4 is 11.8 Å². The summed E-state index contributed by atoms with van der Waals surface area (Å²) >= 11 is 0. The molecular formula is C37H47N5O4. The third-order valence-corrected chi connectivity index (χ3v) is 11.2. The number of nitrogens with one attached hydrogen (secondary N) is 2. The molecule has 9 heteroatoms. The first-order valence-electron chi connectivity index (χ1n) is 17.4. The zero-order valence-corrected chi connectivity index (χ0v) is 27.2. The largest absolute Gasteiger partial charge is 0.495 e. The average Bonchev–Trinajstić information content (AvgIpc) is 3.79. The molecule has 0 spiro atoms. The molecule has 3 heterocycles. The summed E-state index contributed by atoms with van der Waals surface area (Å²) in [5.41, 5.74) is 3.82. The summed E-state index contributed by atoms with van der Waals surface area (Å²) in [6, 6.07) is 8.20. The van der Waals surface area contributed by atoms with E-state index in [0.717, 1.165) is 111 Å². The van der Waals surface area contributed by atoms with Crippen molar-refractivity contribution in [3.8, 4) is 17.0 Å². The Morgan fingerprint density at radius 3 is 2.39 bits per heavy atom. The lowest BCUT2D eigenvalue weighted by atomic mass is 9.68. The molecule has 7 rings (SSSR count). The number of nitrogens with zero attached hydrogens (tertiary/aromatic N) is 3. The number of carbonyl (C=O) groups excluding carboxylic acids is 2. The van der Waals surface area contributed by atoms with Gasteiger partial charge in [0, 0.05) is 47.8 Å². The predicted molar refractivity (Wildman–Crippen MR) is 174 cm³/mol. The van der Waals surface area contributed by atoms with Crippen LogP contribution in [0, 0.1) is 18.8 Å². The van der Waals surface area contributed by atoms with Crippen LogP contribution in [0.1, 0.15) is 118 Å². The molecule has 0 aromatic carbocycles. The Hall–Kier alpha value is -3.75. The second-order valence-corrected chi connectivity index (χ2v) is 14.2. The number of aromatic nitrogens is 3. The number of aryl methyl sites for hydroxylation is 1. The molecule has 2 amide bonds. The van der Waals surface area contributed by atoms with Gasteiger partial charge in [-0.2, -0.15) is 0 Å². The van der Waals surface area contributed by atoms with Crippen molar-refractivity contribution in [3.05, 3.63) is 59.7 Å². The van der Waals surface area contributed by atoms with Gasteiger partial charge in [-0.15, -0.1) is 0 Å². The van der Waals surface area contributed by atoms with Gasteiger partial charge in [-0.25, -0.2) is 4.98 Å². The molecule has 4 aliphatic rings. The highest BCUT2D eigenvalue weighted by molar-refractivity contribution is 5.88. The van der Waals surface area contributed by atoms with Gasteiger partial charge in [0.25, 0.3) is 0 Å². The fourth-order valence-electron chi connectivity index (χ4n) is 7.71. The maximum Gasteiger partial charge on any atom is 0.232 e. The fourth-order valence-corrected chi connectivity index (χ4v) is 7.71. The molecule has 0 radical (unpaired) electrons. The van der Waals surface area contributed by atoms with Crippen LogP contribution in [0.25, 0.3) is 11.3 Å². The monoisotopic (exact) mass is 625 g/mol. The lowest BCUT2D eigenvalue weighted by molar-refractivity contribution is -0.129. The van der Waals surface area contributed by atoms with E-state index < -0.39 is 5.41 Å². The molecule has 4 aliphatic carbocycles. The second kappa shape index (κ2) is 13.2. The van der Waals surface area contributed by atoms with Crippen LogP contribution in [0.5, 0.6) is 5.75 Å². The van der Waals surface area contributed by atoms with E-state index >= 15 is 0 Å². The zero-order chi connectivity index (χ0) is 31.7. The topological polar surface area (TPSA) is 119 Å². The fraction of sp³-hybridized carbons (Fsp3) is 0.595. The molecule has 9 nitrogen and oxygen atoms in total. The number of hydrogen-bond donors (Lipinski definition) is 2. The molecule has 4 saturated carbocycles. The van der Waals surface area contributed by atoms with Crippen LogP contribution >= 0.6 is 0 Å². The van der Waals surface area contributed by atoms with Crippen molar-refractivity contribution in [1.29, 1.82) is 0 Å².